The van der Waals surface area contributed by atoms with Gasteiger partial charge in [-0.2, -0.15) is 0 Å². The van der Waals surface area contributed by atoms with Crippen LogP contribution in [0, 0.1) is 17.8 Å². The van der Waals surface area contributed by atoms with Crippen molar-refractivity contribution in [3.63, 3.8) is 0 Å². The molecule has 3 aliphatic rings. The molecular formula is C27H35ClN2O5S. The first-order valence-electron chi connectivity index (χ1n) is 12.5. The number of likely N-dealkylation sites (tertiary alicyclic amines) is 1. The van der Waals surface area contributed by atoms with Gasteiger partial charge >= 0.3 is 5.97 Å². The van der Waals surface area contributed by atoms with Crippen LogP contribution < -0.4 is 4.90 Å². The van der Waals surface area contributed by atoms with Crippen molar-refractivity contribution in [3.05, 3.63) is 41.9 Å². The van der Waals surface area contributed by atoms with Crippen molar-refractivity contribution in [1.82, 2.24) is 4.90 Å². The van der Waals surface area contributed by atoms with Gasteiger partial charge in [0.25, 0.3) is 5.91 Å². The zero-order chi connectivity index (χ0) is 26.4. The number of ether oxygens (including phenoxy) is 1. The third-order valence-electron chi connectivity index (χ3n) is 8.02. The van der Waals surface area contributed by atoms with Crippen molar-refractivity contribution < 1.29 is 24.2 Å². The van der Waals surface area contributed by atoms with E-state index in [2.05, 4.69) is 6.58 Å². The monoisotopic (exact) mass is 534 g/mol. The van der Waals surface area contributed by atoms with Gasteiger partial charge in [0.05, 0.1) is 35.8 Å². The number of rotatable bonds is 9. The van der Waals surface area contributed by atoms with Crippen molar-refractivity contribution in [2.75, 3.05) is 24.7 Å². The van der Waals surface area contributed by atoms with Gasteiger partial charge in [-0.1, -0.05) is 31.5 Å². The molecule has 9 heteroatoms. The molecule has 0 aromatic heterocycles. The summed E-state index contributed by atoms with van der Waals surface area (Å²) < 4.78 is 4.16. The van der Waals surface area contributed by atoms with Gasteiger partial charge in [-0.3, -0.25) is 14.4 Å². The molecule has 1 aromatic rings. The average molecular weight is 535 g/mol. The smallest absolute Gasteiger partial charge is 0.311 e. The zero-order valence-electron chi connectivity index (χ0n) is 21.3. The summed E-state index contributed by atoms with van der Waals surface area (Å²) in [6.07, 6.45) is 2.99. The standard InChI is InChI=1S/C27H35ClN2O5S/c1-6-14-29(18-10-8-17(28)9-11-18)24(33)22-27-13-12-26(5,36-27)21(25(34)35-7-2)20(27)23(32)30(22)19(15-31)16(3)4/h6,8-11,16,19-22,31H,1,7,12-15H2,2-5H3/t19-,20-,21+,22?,26-,27?/m0/s1. The Labute approximate surface area is 222 Å². The number of aliphatic hydroxyl groups excluding tert-OH is 1. The summed E-state index contributed by atoms with van der Waals surface area (Å²) in [4.78, 5) is 45.1. The molecule has 0 radical (unpaired) electrons. The van der Waals surface area contributed by atoms with Crippen molar-refractivity contribution in [2.24, 2.45) is 17.8 Å². The van der Waals surface area contributed by atoms with E-state index in [9.17, 15) is 19.5 Å². The fraction of sp³-hybridized carbons (Fsp3) is 0.593. The molecule has 4 rings (SSSR count). The summed E-state index contributed by atoms with van der Waals surface area (Å²) in [6, 6.07) is 5.59. The van der Waals surface area contributed by atoms with E-state index < -0.39 is 33.4 Å². The number of thioether (sulfide) groups is 1. The van der Waals surface area contributed by atoms with Gasteiger partial charge in [0.2, 0.25) is 5.91 Å². The number of amides is 2. The topological polar surface area (TPSA) is 87.2 Å². The molecule has 1 spiro atoms. The second-order valence-corrected chi connectivity index (χ2v) is 12.8. The number of hydrogen-bond acceptors (Lipinski definition) is 6. The van der Waals surface area contributed by atoms with Gasteiger partial charge in [-0.15, -0.1) is 18.3 Å². The van der Waals surface area contributed by atoms with Crippen molar-refractivity contribution in [1.29, 1.82) is 0 Å². The van der Waals surface area contributed by atoms with E-state index in [1.807, 2.05) is 20.8 Å². The molecule has 0 saturated carbocycles. The summed E-state index contributed by atoms with van der Waals surface area (Å²) in [5.41, 5.74) is 0.646. The van der Waals surface area contributed by atoms with Gasteiger partial charge in [0.1, 0.15) is 6.04 Å². The van der Waals surface area contributed by atoms with E-state index in [4.69, 9.17) is 16.3 Å². The first-order valence-corrected chi connectivity index (χ1v) is 13.7. The highest BCUT2D eigenvalue weighted by atomic mass is 35.5. The van der Waals surface area contributed by atoms with Crippen LogP contribution >= 0.6 is 23.4 Å². The van der Waals surface area contributed by atoms with E-state index in [1.165, 1.54) is 0 Å². The molecule has 2 unspecified atom stereocenters. The first kappa shape index (κ1) is 27.0. The average Bonchev–Trinajstić information content (AvgIpc) is 3.39. The summed E-state index contributed by atoms with van der Waals surface area (Å²) in [5.74, 6) is -2.28. The van der Waals surface area contributed by atoms with Crippen LogP contribution in [0.2, 0.25) is 5.02 Å². The minimum absolute atomic E-state index is 0.0910. The van der Waals surface area contributed by atoms with E-state index in [0.717, 1.165) is 0 Å². The summed E-state index contributed by atoms with van der Waals surface area (Å²) in [7, 11) is 0. The van der Waals surface area contributed by atoms with Crippen LogP contribution in [0.15, 0.2) is 36.9 Å². The molecule has 3 heterocycles. The fourth-order valence-electron chi connectivity index (χ4n) is 6.43. The van der Waals surface area contributed by atoms with Gasteiger partial charge in [-0.25, -0.2) is 0 Å². The molecule has 2 bridgehead atoms. The maximum absolute atomic E-state index is 14.5. The van der Waals surface area contributed by atoms with Crippen LogP contribution in [0.5, 0.6) is 0 Å². The third-order valence-corrected chi connectivity index (χ3v) is 10.3. The highest BCUT2D eigenvalue weighted by Crippen LogP contribution is 2.72. The molecule has 6 atom stereocenters. The number of esters is 1. The molecule has 2 amide bonds. The number of anilines is 1. The molecule has 3 saturated heterocycles. The van der Waals surface area contributed by atoms with E-state index in [-0.39, 0.29) is 43.5 Å². The number of halogens is 1. The molecular weight excluding hydrogens is 500 g/mol. The minimum atomic E-state index is -0.837. The molecule has 3 aliphatic heterocycles. The van der Waals surface area contributed by atoms with Crippen LogP contribution in [0.1, 0.15) is 40.5 Å². The van der Waals surface area contributed by atoms with Crippen LogP contribution in [0.4, 0.5) is 5.69 Å². The molecule has 1 aromatic carbocycles. The van der Waals surface area contributed by atoms with Crippen LogP contribution in [-0.4, -0.2) is 69.1 Å². The molecule has 196 valence electrons. The summed E-state index contributed by atoms with van der Waals surface area (Å²) in [5, 5.41) is 10.9. The summed E-state index contributed by atoms with van der Waals surface area (Å²) in [6.45, 7) is 11.7. The highest BCUT2D eigenvalue weighted by Gasteiger charge is 2.78. The van der Waals surface area contributed by atoms with E-state index in [0.29, 0.717) is 23.6 Å². The van der Waals surface area contributed by atoms with Crippen molar-refractivity contribution in [2.45, 2.75) is 62.1 Å². The lowest BCUT2D eigenvalue weighted by atomic mass is 9.66. The lowest BCUT2D eigenvalue weighted by molar-refractivity contribution is -0.155. The van der Waals surface area contributed by atoms with Crippen LogP contribution in [0.25, 0.3) is 0 Å². The quantitative estimate of drug-likeness (QED) is 0.382. The summed E-state index contributed by atoms with van der Waals surface area (Å²) >= 11 is 7.69. The lowest BCUT2D eigenvalue weighted by Crippen LogP contribution is -2.58. The number of aliphatic hydroxyl groups is 1. The maximum Gasteiger partial charge on any atom is 0.311 e. The third kappa shape index (κ3) is 4.05. The van der Waals surface area contributed by atoms with Crippen LogP contribution in [0.3, 0.4) is 0 Å². The van der Waals surface area contributed by atoms with Gasteiger partial charge < -0.3 is 19.6 Å². The van der Waals surface area contributed by atoms with Gasteiger partial charge in [0, 0.05) is 22.0 Å². The number of benzene rings is 1. The Morgan fingerprint density at radius 3 is 2.56 bits per heavy atom. The van der Waals surface area contributed by atoms with Crippen molar-refractivity contribution >= 4 is 46.8 Å². The Hall–Kier alpha value is -2.03. The number of carbonyl (C=O) groups excluding carboxylic acids is 3. The molecule has 7 nitrogen and oxygen atoms in total. The second-order valence-electron chi connectivity index (χ2n) is 10.4. The second kappa shape index (κ2) is 10.0. The maximum atomic E-state index is 14.5. The first-order chi connectivity index (χ1) is 17.1. The Morgan fingerprint density at radius 2 is 2.00 bits per heavy atom. The number of nitrogens with zero attached hydrogens (tertiary/aromatic N) is 2. The number of carbonyl (C=O) groups is 3. The number of hydrogen-bond donors (Lipinski definition) is 1. The van der Waals surface area contributed by atoms with Crippen LogP contribution in [-0.2, 0) is 19.1 Å². The van der Waals surface area contributed by atoms with E-state index in [1.54, 1.807) is 58.8 Å². The highest BCUT2D eigenvalue weighted by molar-refractivity contribution is 8.02. The Balaban J connectivity index is 1.86. The molecule has 3 fully saturated rings. The Kier molecular flexibility index (Phi) is 7.53. The zero-order valence-corrected chi connectivity index (χ0v) is 22.8. The molecule has 36 heavy (non-hydrogen) atoms. The largest absolute Gasteiger partial charge is 0.466 e. The van der Waals surface area contributed by atoms with Gasteiger partial charge in [-0.05, 0) is 56.9 Å². The SMILES string of the molecule is C=CCN(C(=O)C1N([C@@H](CO)C(C)C)C(=O)[C@@H]2[C@H](C(=O)OCC)[C@]3(C)CCC12S3)c1ccc(Cl)cc1. The van der Waals surface area contributed by atoms with Gasteiger partial charge in [0.15, 0.2) is 0 Å². The van der Waals surface area contributed by atoms with Crippen molar-refractivity contribution in [3.8, 4) is 0 Å². The normalized spacial score (nSPS) is 31.5. The Morgan fingerprint density at radius 1 is 1.33 bits per heavy atom. The predicted molar refractivity (Wildman–Crippen MR) is 142 cm³/mol. The lowest BCUT2D eigenvalue weighted by Gasteiger charge is -2.40. The molecule has 1 N–H and O–H groups in total. The predicted octanol–water partition coefficient (Wildman–Crippen LogP) is 3.92. The number of fused-ring (bicyclic) bond motifs is 1. The Bertz CT molecular complexity index is 1050. The fourth-order valence-corrected chi connectivity index (χ4v) is 8.88. The van der Waals surface area contributed by atoms with E-state index >= 15 is 0 Å². The molecule has 0 aliphatic carbocycles. The minimum Gasteiger partial charge on any atom is -0.466 e.